The third-order valence-electron chi connectivity index (χ3n) is 2.52. The van der Waals surface area contributed by atoms with Gasteiger partial charge in [-0.2, -0.15) is 0 Å². The first-order chi connectivity index (χ1) is 9.49. The Balaban J connectivity index is 2.64. The Morgan fingerprint density at radius 2 is 1.70 bits per heavy atom. The summed E-state index contributed by atoms with van der Waals surface area (Å²) in [7, 11) is -2.99. The first-order valence-electron chi connectivity index (χ1n) is 6.55. The van der Waals surface area contributed by atoms with Gasteiger partial charge in [-0.1, -0.05) is 12.1 Å². The quantitative estimate of drug-likeness (QED) is 0.436. The van der Waals surface area contributed by atoms with E-state index < -0.39 is 7.60 Å². The molecule has 0 aliphatic carbocycles. The maximum Gasteiger partial charge on any atom is 0.330 e. The number of nitrogens with two attached hydrogens (primary N) is 2. The fourth-order valence-electron chi connectivity index (χ4n) is 1.71. The SMILES string of the molecule is CCOP(=O)(CCc1ccc(N=C(N)N)cc1)OCC. The molecule has 0 spiro atoms. The van der Waals surface area contributed by atoms with Crippen LogP contribution in [-0.4, -0.2) is 25.3 Å². The van der Waals surface area contributed by atoms with Gasteiger partial charge in [0.05, 0.1) is 25.1 Å². The minimum absolute atomic E-state index is 0.0231. The normalized spacial score (nSPS) is 11.3. The number of benzene rings is 1. The van der Waals surface area contributed by atoms with Crippen LogP contribution >= 0.6 is 7.60 Å². The molecule has 0 radical (unpaired) electrons. The topological polar surface area (TPSA) is 99.9 Å². The van der Waals surface area contributed by atoms with Crippen molar-refractivity contribution in [1.82, 2.24) is 0 Å². The summed E-state index contributed by atoms with van der Waals surface area (Å²) in [5, 5.41) is 0. The van der Waals surface area contributed by atoms with Crippen molar-refractivity contribution in [2.24, 2.45) is 16.5 Å². The van der Waals surface area contributed by atoms with Crippen molar-refractivity contribution in [3.05, 3.63) is 29.8 Å². The molecule has 112 valence electrons. The number of aliphatic imine (C=N–C) groups is 1. The summed E-state index contributed by atoms with van der Waals surface area (Å²) in [6, 6.07) is 7.40. The zero-order valence-corrected chi connectivity index (χ0v) is 12.8. The third kappa shape index (κ3) is 5.74. The highest BCUT2D eigenvalue weighted by molar-refractivity contribution is 7.53. The van der Waals surface area contributed by atoms with Crippen molar-refractivity contribution >= 4 is 19.2 Å². The van der Waals surface area contributed by atoms with Crippen molar-refractivity contribution in [3.8, 4) is 0 Å². The van der Waals surface area contributed by atoms with Gasteiger partial charge in [-0.3, -0.25) is 4.57 Å². The largest absolute Gasteiger partial charge is 0.370 e. The van der Waals surface area contributed by atoms with Gasteiger partial charge >= 0.3 is 7.60 Å². The van der Waals surface area contributed by atoms with Crippen molar-refractivity contribution < 1.29 is 13.6 Å². The number of hydrogen-bond acceptors (Lipinski definition) is 4. The molecule has 0 saturated carbocycles. The maximum atomic E-state index is 12.3. The van der Waals surface area contributed by atoms with Crippen LogP contribution in [0.2, 0.25) is 0 Å². The lowest BCUT2D eigenvalue weighted by atomic mass is 10.1. The van der Waals surface area contributed by atoms with E-state index in [2.05, 4.69) is 4.99 Å². The Morgan fingerprint density at radius 1 is 1.15 bits per heavy atom. The molecule has 0 bridgehead atoms. The van der Waals surface area contributed by atoms with Gasteiger partial charge in [0.2, 0.25) is 0 Å². The number of hydrogen-bond donors (Lipinski definition) is 2. The minimum Gasteiger partial charge on any atom is -0.370 e. The molecule has 0 aliphatic heterocycles. The lowest BCUT2D eigenvalue weighted by molar-refractivity contribution is 0.220. The molecule has 0 aromatic heterocycles. The Labute approximate surface area is 119 Å². The summed E-state index contributed by atoms with van der Waals surface area (Å²) in [6.07, 6.45) is 0.968. The van der Waals surface area contributed by atoms with E-state index in [-0.39, 0.29) is 5.96 Å². The number of nitrogens with zero attached hydrogens (tertiary/aromatic N) is 1. The lowest BCUT2D eigenvalue weighted by Gasteiger charge is -2.16. The molecule has 0 unspecified atom stereocenters. The molecular weight excluding hydrogens is 277 g/mol. The standard InChI is InChI=1S/C13H22N3O3P/c1-3-18-20(17,19-4-2)10-9-11-5-7-12(8-6-11)16-13(14)15/h5-8H,3-4,9-10H2,1-2H3,(H4,14,15,16). The summed E-state index contributed by atoms with van der Waals surface area (Å²) in [5.74, 6) is 0.0231. The first-order valence-corrected chi connectivity index (χ1v) is 8.28. The number of rotatable bonds is 8. The van der Waals surface area contributed by atoms with E-state index in [9.17, 15) is 4.57 Å². The smallest absolute Gasteiger partial charge is 0.330 e. The van der Waals surface area contributed by atoms with Crippen LogP contribution in [0.4, 0.5) is 5.69 Å². The van der Waals surface area contributed by atoms with Crippen LogP contribution in [0.25, 0.3) is 0 Å². The van der Waals surface area contributed by atoms with E-state index in [1.54, 1.807) is 26.0 Å². The summed E-state index contributed by atoms with van der Waals surface area (Å²) >= 11 is 0. The molecule has 0 saturated heterocycles. The summed E-state index contributed by atoms with van der Waals surface area (Å²) in [6.45, 7) is 4.35. The molecule has 1 rings (SSSR count). The molecule has 4 N–H and O–H groups in total. The Bertz CT molecular complexity index is 474. The van der Waals surface area contributed by atoms with E-state index in [1.165, 1.54) is 0 Å². The highest BCUT2D eigenvalue weighted by atomic mass is 31.2. The molecule has 7 heteroatoms. The lowest BCUT2D eigenvalue weighted by Crippen LogP contribution is -2.21. The summed E-state index contributed by atoms with van der Waals surface area (Å²) in [5.41, 5.74) is 12.3. The van der Waals surface area contributed by atoms with Gasteiger partial charge in [0.25, 0.3) is 0 Å². The average Bonchev–Trinajstić information content (AvgIpc) is 2.38. The number of aryl methyl sites for hydroxylation is 1. The van der Waals surface area contributed by atoms with E-state index >= 15 is 0 Å². The van der Waals surface area contributed by atoms with Crippen LogP contribution in [0, 0.1) is 0 Å². The second-order valence-electron chi connectivity index (χ2n) is 4.12. The molecule has 1 aromatic carbocycles. The van der Waals surface area contributed by atoms with Crippen LogP contribution in [-0.2, 0) is 20.0 Å². The van der Waals surface area contributed by atoms with Crippen LogP contribution in [0.1, 0.15) is 19.4 Å². The van der Waals surface area contributed by atoms with Crippen LogP contribution in [0.5, 0.6) is 0 Å². The van der Waals surface area contributed by atoms with Crippen LogP contribution in [0.3, 0.4) is 0 Å². The highest BCUT2D eigenvalue weighted by Crippen LogP contribution is 2.48. The van der Waals surface area contributed by atoms with E-state index in [0.29, 0.717) is 31.5 Å². The third-order valence-corrected chi connectivity index (χ3v) is 4.59. The second kappa shape index (κ2) is 8.04. The zero-order valence-electron chi connectivity index (χ0n) is 11.9. The summed E-state index contributed by atoms with van der Waals surface area (Å²) < 4.78 is 22.8. The van der Waals surface area contributed by atoms with Gasteiger partial charge in [0.15, 0.2) is 5.96 Å². The zero-order chi connectivity index (χ0) is 15.0. The van der Waals surface area contributed by atoms with Gasteiger partial charge in [-0.25, -0.2) is 4.99 Å². The monoisotopic (exact) mass is 299 g/mol. The van der Waals surface area contributed by atoms with Crippen molar-refractivity contribution in [1.29, 1.82) is 0 Å². The van der Waals surface area contributed by atoms with Crippen molar-refractivity contribution in [3.63, 3.8) is 0 Å². The molecule has 20 heavy (non-hydrogen) atoms. The van der Waals surface area contributed by atoms with Crippen LogP contribution in [0.15, 0.2) is 29.3 Å². The fraction of sp³-hybridized carbons (Fsp3) is 0.462. The second-order valence-corrected chi connectivity index (χ2v) is 6.31. The van der Waals surface area contributed by atoms with E-state index in [4.69, 9.17) is 20.5 Å². The van der Waals surface area contributed by atoms with Gasteiger partial charge in [-0.05, 0) is 38.0 Å². The molecule has 0 aliphatic rings. The average molecular weight is 299 g/mol. The Kier molecular flexibility index (Phi) is 6.71. The molecular formula is C13H22N3O3P. The molecule has 0 heterocycles. The molecule has 0 fully saturated rings. The molecule has 1 aromatic rings. The Morgan fingerprint density at radius 3 is 2.15 bits per heavy atom. The summed E-state index contributed by atoms with van der Waals surface area (Å²) in [4.78, 5) is 3.94. The van der Waals surface area contributed by atoms with Gasteiger partial charge in [0, 0.05) is 0 Å². The van der Waals surface area contributed by atoms with E-state index in [1.807, 2.05) is 12.1 Å². The Hall–Kier alpha value is -1.36. The maximum absolute atomic E-state index is 12.3. The molecule has 0 amide bonds. The predicted octanol–water partition coefficient (Wildman–Crippen LogP) is 2.40. The first kappa shape index (κ1) is 16.7. The number of guanidine groups is 1. The highest BCUT2D eigenvalue weighted by Gasteiger charge is 2.22. The van der Waals surface area contributed by atoms with Gasteiger partial charge in [0.1, 0.15) is 0 Å². The van der Waals surface area contributed by atoms with Gasteiger partial charge < -0.3 is 20.5 Å². The molecule has 6 nitrogen and oxygen atoms in total. The van der Waals surface area contributed by atoms with Gasteiger partial charge in [-0.15, -0.1) is 0 Å². The van der Waals surface area contributed by atoms with E-state index in [0.717, 1.165) is 5.56 Å². The molecule has 0 atom stereocenters. The van der Waals surface area contributed by atoms with Crippen molar-refractivity contribution in [2.45, 2.75) is 20.3 Å². The van der Waals surface area contributed by atoms with Crippen molar-refractivity contribution in [2.75, 3.05) is 19.4 Å². The minimum atomic E-state index is -2.99. The van der Waals surface area contributed by atoms with Crippen LogP contribution < -0.4 is 11.5 Å². The fourth-order valence-corrected chi connectivity index (χ4v) is 3.36. The predicted molar refractivity (Wildman–Crippen MR) is 81.3 cm³/mol.